The zero-order valence-corrected chi connectivity index (χ0v) is 20.2. The van der Waals surface area contributed by atoms with Gasteiger partial charge in [0.1, 0.15) is 5.60 Å². The van der Waals surface area contributed by atoms with Gasteiger partial charge < -0.3 is 20.7 Å². The summed E-state index contributed by atoms with van der Waals surface area (Å²) in [7, 11) is 0. The lowest BCUT2D eigenvalue weighted by atomic mass is 10.0. The van der Waals surface area contributed by atoms with Gasteiger partial charge in [0.05, 0.1) is 0 Å². The van der Waals surface area contributed by atoms with E-state index in [1.54, 1.807) is 57.2 Å². The number of hydrogen-bond acceptors (Lipinski definition) is 5. The topological polar surface area (TPSA) is 114 Å². The van der Waals surface area contributed by atoms with E-state index in [9.17, 15) is 19.2 Å². The molecule has 0 saturated carbocycles. The first-order valence-corrected chi connectivity index (χ1v) is 11.2. The number of ketones is 1. The minimum Gasteiger partial charge on any atom is -0.444 e. The van der Waals surface area contributed by atoms with E-state index in [0.29, 0.717) is 17.8 Å². The summed E-state index contributed by atoms with van der Waals surface area (Å²) in [6.07, 6.45) is -0.185. The van der Waals surface area contributed by atoms with E-state index in [4.69, 9.17) is 4.74 Å². The molecule has 0 bridgehead atoms. The average molecular weight is 468 g/mol. The highest BCUT2D eigenvalue weighted by atomic mass is 16.6. The van der Waals surface area contributed by atoms with Crippen LogP contribution >= 0.6 is 0 Å². The van der Waals surface area contributed by atoms with E-state index >= 15 is 0 Å². The number of carbonyl (C=O) groups is 4. The Balaban J connectivity index is 1.67. The van der Waals surface area contributed by atoms with Gasteiger partial charge in [-0.15, -0.1) is 0 Å². The van der Waals surface area contributed by atoms with Crippen molar-refractivity contribution in [2.45, 2.75) is 59.1 Å². The van der Waals surface area contributed by atoms with Gasteiger partial charge in [-0.05, 0) is 45.4 Å². The molecule has 2 aromatic carbocycles. The van der Waals surface area contributed by atoms with Crippen LogP contribution in [0, 0.1) is 6.92 Å². The monoisotopic (exact) mass is 467 g/mol. The van der Waals surface area contributed by atoms with Gasteiger partial charge in [0, 0.05) is 43.6 Å². The van der Waals surface area contributed by atoms with Crippen molar-refractivity contribution in [3.63, 3.8) is 0 Å². The molecule has 0 aliphatic rings. The Morgan fingerprint density at radius 2 is 1.44 bits per heavy atom. The molecule has 0 aromatic heterocycles. The number of aryl methyl sites for hydroxylation is 1. The predicted molar refractivity (Wildman–Crippen MR) is 131 cm³/mol. The number of alkyl carbamates (subject to hydrolysis) is 1. The minimum absolute atomic E-state index is 0.0671. The maximum absolute atomic E-state index is 12.2. The van der Waals surface area contributed by atoms with Crippen molar-refractivity contribution in [1.29, 1.82) is 0 Å². The molecule has 0 fully saturated rings. The molecule has 0 unspecified atom stereocenters. The summed E-state index contributed by atoms with van der Waals surface area (Å²) in [6, 6.07) is 14.4. The molecule has 182 valence electrons. The molecular formula is C26H33N3O5. The lowest BCUT2D eigenvalue weighted by Gasteiger charge is -2.19. The highest BCUT2D eigenvalue weighted by Gasteiger charge is 2.16. The summed E-state index contributed by atoms with van der Waals surface area (Å²) >= 11 is 0. The molecule has 2 rings (SSSR count). The van der Waals surface area contributed by atoms with Crippen molar-refractivity contribution in [3.05, 3.63) is 65.2 Å². The molecule has 0 radical (unpaired) electrons. The van der Waals surface area contributed by atoms with E-state index in [1.807, 2.05) is 19.1 Å². The smallest absolute Gasteiger partial charge is 0.407 e. The Morgan fingerprint density at radius 1 is 0.794 bits per heavy atom. The molecular weight excluding hydrogens is 434 g/mol. The van der Waals surface area contributed by atoms with E-state index in [0.717, 1.165) is 11.1 Å². The first-order valence-electron chi connectivity index (χ1n) is 11.2. The molecule has 2 aromatic rings. The Kier molecular flexibility index (Phi) is 9.79. The molecule has 34 heavy (non-hydrogen) atoms. The fourth-order valence-corrected chi connectivity index (χ4v) is 2.92. The number of benzene rings is 2. The van der Waals surface area contributed by atoms with E-state index in [-0.39, 0.29) is 43.4 Å². The van der Waals surface area contributed by atoms with Crippen LogP contribution in [0.5, 0.6) is 0 Å². The quantitative estimate of drug-likeness (QED) is 0.455. The first kappa shape index (κ1) is 26.6. The van der Waals surface area contributed by atoms with Crippen molar-refractivity contribution in [2.75, 3.05) is 11.9 Å². The predicted octanol–water partition coefficient (Wildman–Crippen LogP) is 4.13. The Hall–Kier alpha value is -3.68. The second kappa shape index (κ2) is 12.5. The first-order chi connectivity index (χ1) is 16.0. The zero-order chi connectivity index (χ0) is 25.1. The van der Waals surface area contributed by atoms with Gasteiger partial charge in [-0.1, -0.05) is 42.0 Å². The highest BCUT2D eigenvalue weighted by Crippen LogP contribution is 2.12. The minimum atomic E-state index is -0.586. The summed E-state index contributed by atoms with van der Waals surface area (Å²) < 4.78 is 5.11. The van der Waals surface area contributed by atoms with Crippen molar-refractivity contribution in [3.8, 4) is 0 Å². The van der Waals surface area contributed by atoms with Crippen molar-refractivity contribution < 1.29 is 23.9 Å². The molecule has 8 nitrogen and oxygen atoms in total. The number of carbonyl (C=O) groups excluding carboxylic acids is 4. The number of amides is 3. The van der Waals surface area contributed by atoms with Crippen LogP contribution in [0.3, 0.4) is 0 Å². The van der Waals surface area contributed by atoms with Crippen LogP contribution < -0.4 is 16.0 Å². The third-order valence-corrected chi connectivity index (χ3v) is 4.70. The van der Waals surface area contributed by atoms with Gasteiger partial charge in [0.15, 0.2) is 5.78 Å². The SMILES string of the molecule is Cc1ccc(C(=O)CCC(=O)Nc2ccc(CNC(=O)CCNC(=O)OC(C)(C)C)cc2)cc1. The van der Waals surface area contributed by atoms with Crippen molar-refractivity contribution in [1.82, 2.24) is 10.6 Å². The Labute approximate surface area is 200 Å². The third-order valence-electron chi connectivity index (χ3n) is 4.70. The number of nitrogens with one attached hydrogen (secondary N) is 3. The number of Topliss-reactive ketones (excluding diaryl/α,β-unsaturated/α-hetero) is 1. The van der Waals surface area contributed by atoms with Gasteiger partial charge in [0.2, 0.25) is 11.8 Å². The van der Waals surface area contributed by atoms with E-state index in [1.165, 1.54) is 0 Å². The third kappa shape index (κ3) is 10.3. The molecule has 3 amide bonds. The maximum Gasteiger partial charge on any atom is 0.407 e. The lowest BCUT2D eigenvalue weighted by molar-refractivity contribution is -0.121. The summed E-state index contributed by atoms with van der Waals surface area (Å²) in [5, 5.41) is 8.09. The summed E-state index contributed by atoms with van der Waals surface area (Å²) in [5.74, 6) is -0.506. The molecule has 0 aliphatic heterocycles. The van der Waals surface area contributed by atoms with Crippen LogP contribution in [0.1, 0.15) is 61.5 Å². The van der Waals surface area contributed by atoms with Gasteiger partial charge in [-0.2, -0.15) is 0 Å². The normalized spacial score (nSPS) is 10.8. The number of ether oxygens (including phenoxy) is 1. The molecule has 0 saturated heterocycles. The van der Waals surface area contributed by atoms with Crippen LogP contribution in [-0.2, 0) is 20.9 Å². The highest BCUT2D eigenvalue weighted by molar-refractivity contribution is 6.00. The molecule has 0 aliphatic carbocycles. The fraction of sp³-hybridized carbons (Fsp3) is 0.385. The number of rotatable bonds is 10. The van der Waals surface area contributed by atoms with Crippen LogP contribution in [0.25, 0.3) is 0 Å². The maximum atomic E-state index is 12.2. The Morgan fingerprint density at radius 3 is 2.06 bits per heavy atom. The van der Waals surface area contributed by atoms with Crippen molar-refractivity contribution in [2.24, 2.45) is 0 Å². The number of anilines is 1. The van der Waals surface area contributed by atoms with E-state index < -0.39 is 11.7 Å². The zero-order valence-electron chi connectivity index (χ0n) is 20.2. The van der Waals surface area contributed by atoms with Crippen LogP contribution in [0.2, 0.25) is 0 Å². The van der Waals surface area contributed by atoms with Gasteiger partial charge >= 0.3 is 6.09 Å². The Bertz CT molecular complexity index is 993. The second-order valence-corrected chi connectivity index (χ2v) is 8.99. The van der Waals surface area contributed by atoms with E-state index in [2.05, 4.69) is 16.0 Å². The van der Waals surface area contributed by atoms with Crippen LogP contribution in [0.4, 0.5) is 10.5 Å². The van der Waals surface area contributed by atoms with Gasteiger partial charge in [-0.3, -0.25) is 14.4 Å². The summed E-state index contributed by atoms with van der Waals surface area (Å²) in [4.78, 5) is 47.9. The molecule has 3 N–H and O–H groups in total. The van der Waals surface area contributed by atoms with Gasteiger partial charge in [-0.25, -0.2) is 4.79 Å². The second-order valence-electron chi connectivity index (χ2n) is 8.99. The van der Waals surface area contributed by atoms with Crippen LogP contribution in [-0.4, -0.2) is 35.8 Å². The lowest BCUT2D eigenvalue weighted by Crippen LogP contribution is -2.35. The van der Waals surface area contributed by atoms with Crippen molar-refractivity contribution >= 4 is 29.4 Å². The van der Waals surface area contributed by atoms with Crippen LogP contribution in [0.15, 0.2) is 48.5 Å². The molecule has 8 heteroatoms. The molecule has 0 atom stereocenters. The summed E-state index contributed by atoms with van der Waals surface area (Å²) in [6.45, 7) is 7.76. The average Bonchev–Trinajstić information content (AvgIpc) is 2.76. The fourth-order valence-electron chi connectivity index (χ4n) is 2.92. The molecule has 0 spiro atoms. The van der Waals surface area contributed by atoms with Gasteiger partial charge in [0.25, 0.3) is 0 Å². The largest absolute Gasteiger partial charge is 0.444 e. The molecule has 0 heterocycles. The standard InChI is InChI=1S/C26H33N3O5/c1-18-5-9-20(10-6-18)22(30)13-14-24(32)29-21-11-7-19(8-12-21)17-28-23(31)15-16-27-25(33)34-26(2,3)4/h5-12H,13-17H2,1-4H3,(H,27,33)(H,28,31)(H,29,32). The summed E-state index contributed by atoms with van der Waals surface area (Å²) in [5.41, 5.74) is 2.57. The number of hydrogen-bond donors (Lipinski definition) is 3.